The molecule has 154 valence electrons. The first kappa shape index (κ1) is 21.2. The zero-order valence-electron chi connectivity index (χ0n) is 16.6. The fraction of sp³-hybridized carbons (Fsp3) is 0.824. The number of nitrogens with one attached hydrogen (secondary N) is 1. The first-order valence-corrected chi connectivity index (χ1v) is 9.21. The highest BCUT2D eigenvalue weighted by Gasteiger charge is 2.46. The van der Waals surface area contributed by atoms with Gasteiger partial charge in [0.2, 0.25) is 0 Å². The number of hydrogen-bond donors (Lipinski definition) is 2. The van der Waals surface area contributed by atoms with Gasteiger partial charge in [-0.25, -0.2) is 20.1 Å². The largest absolute Gasteiger partial charge is 0.444 e. The molecule has 2 fully saturated rings. The van der Waals surface area contributed by atoms with E-state index in [9.17, 15) is 19.6 Å². The van der Waals surface area contributed by atoms with Gasteiger partial charge in [-0.05, 0) is 47.5 Å². The van der Waals surface area contributed by atoms with Crippen molar-refractivity contribution in [1.29, 1.82) is 0 Å². The van der Waals surface area contributed by atoms with E-state index in [0.29, 0.717) is 24.4 Å². The number of fused-ring (bicyclic) bond motifs is 2. The van der Waals surface area contributed by atoms with Crippen LogP contribution < -0.4 is 5.48 Å². The summed E-state index contributed by atoms with van der Waals surface area (Å²) in [5.74, 6) is -0.439. The van der Waals surface area contributed by atoms with Crippen molar-refractivity contribution in [2.75, 3.05) is 19.7 Å². The van der Waals surface area contributed by atoms with Crippen LogP contribution in [-0.4, -0.2) is 81.5 Å². The Labute approximate surface area is 159 Å². The number of nitrogens with zero attached hydrogens (tertiary/aromatic N) is 3. The summed E-state index contributed by atoms with van der Waals surface area (Å²) in [6.07, 6.45) is 0.561. The summed E-state index contributed by atoms with van der Waals surface area (Å²) in [6.45, 7) is 9.76. The van der Waals surface area contributed by atoms with Gasteiger partial charge in [0, 0.05) is 12.6 Å². The molecule has 0 aromatic rings. The predicted molar refractivity (Wildman–Crippen MR) is 94.7 cm³/mol. The van der Waals surface area contributed by atoms with Crippen LogP contribution in [0.2, 0.25) is 0 Å². The summed E-state index contributed by atoms with van der Waals surface area (Å²) in [5, 5.41) is 10.3. The minimum absolute atomic E-state index is 0.0819. The van der Waals surface area contributed by atoms with Gasteiger partial charge in [0.05, 0.1) is 19.2 Å². The number of rotatable bonds is 6. The number of carbonyl (C=O) groups excluding carboxylic acids is 3. The van der Waals surface area contributed by atoms with Crippen LogP contribution in [0.5, 0.6) is 0 Å². The maximum Gasteiger partial charge on any atom is 0.410 e. The topological polar surface area (TPSA) is 112 Å². The fourth-order valence-electron chi connectivity index (χ4n) is 3.14. The van der Waals surface area contributed by atoms with Gasteiger partial charge in [0.15, 0.2) is 0 Å². The molecule has 0 unspecified atom stereocenters. The maximum atomic E-state index is 12.3. The Morgan fingerprint density at radius 3 is 2.59 bits per heavy atom. The van der Waals surface area contributed by atoms with Crippen LogP contribution in [0.3, 0.4) is 0 Å². The zero-order valence-corrected chi connectivity index (χ0v) is 16.6. The highest BCUT2D eigenvalue weighted by Crippen LogP contribution is 2.28. The summed E-state index contributed by atoms with van der Waals surface area (Å²) in [4.78, 5) is 44.5. The molecule has 2 saturated heterocycles. The van der Waals surface area contributed by atoms with Crippen molar-refractivity contribution in [2.45, 2.75) is 71.2 Å². The number of hydrogen-bond acceptors (Lipinski definition) is 6. The number of carbonyl (C=O) groups is 3. The molecule has 2 heterocycles. The lowest BCUT2D eigenvalue weighted by Crippen LogP contribution is -2.50. The number of urea groups is 1. The maximum absolute atomic E-state index is 12.3. The smallest absolute Gasteiger partial charge is 0.410 e. The second-order valence-electron chi connectivity index (χ2n) is 8.11. The van der Waals surface area contributed by atoms with Crippen LogP contribution in [-0.2, 0) is 14.4 Å². The highest BCUT2D eigenvalue weighted by atomic mass is 16.7. The van der Waals surface area contributed by atoms with Crippen LogP contribution in [0.15, 0.2) is 0 Å². The van der Waals surface area contributed by atoms with Gasteiger partial charge in [-0.3, -0.25) is 14.8 Å². The molecule has 4 amide bonds. The molecule has 0 aliphatic carbocycles. The number of hydroxylamine groups is 3. The van der Waals surface area contributed by atoms with Crippen LogP contribution in [0.4, 0.5) is 9.59 Å². The van der Waals surface area contributed by atoms with E-state index in [1.807, 2.05) is 13.8 Å². The number of piperidine rings is 1. The molecule has 0 saturated carbocycles. The number of ether oxygens (including phenoxy) is 1. The highest BCUT2D eigenvalue weighted by molar-refractivity contribution is 5.87. The summed E-state index contributed by atoms with van der Waals surface area (Å²) in [6, 6.07) is -1.57. The quantitative estimate of drug-likeness (QED) is 0.405. The fourth-order valence-corrected chi connectivity index (χ4v) is 3.14. The van der Waals surface area contributed by atoms with Crippen LogP contribution >= 0.6 is 0 Å². The molecule has 2 atom stereocenters. The SMILES string of the molecule is CC(C)N(CCONC(=O)[C@@H]1CC[C@@H]2CN1C(=O)N2O)C(=O)OC(C)(C)C. The minimum atomic E-state index is -0.669. The Morgan fingerprint density at radius 2 is 2.00 bits per heavy atom. The van der Waals surface area contributed by atoms with Crippen molar-refractivity contribution in [3.05, 3.63) is 0 Å². The first-order chi connectivity index (χ1) is 12.5. The standard InChI is InChI=1S/C17H30N4O6/c1-11(2)19(16(24)27-17(3,4)5)8-9-26-18-14(22)13-7-6-12-10-20(13)15(23)21(12)25/h11-13,25H,6-10H2,1-5H3,(H,18,22)/t12-,13+/m1/s1. The third kappa shape index (κ3) is 5.23. The van der Waals surface area contributed by atoms with Crippen molar-refractivity contribution in [3.8, 4) is 0 Å². The van der Waals surface area contributed by atoms with Crippen LogP contribution in [0.1, 0.15) is 47.5 Å². The molecule has 2 aliphatic heterocycles. The molecule has 2 N–H and O–H groups in total. The third-order valence-corrected chi connectivity index (χ3v) is 4.51. The van der Waals surface area contributed by atoms with E-state index < -0.39 is 29.7 Å². The lowest BCUT2D eigenvalue weighted by Gasteiger charge is -2.30. The second-order valence-corrected chi connectivity index (χ2v) is 8.11. The van der Waals surface area contributed by atoms with E-state index in [0.717, 1.165) is 0 Å². The monoisotopic (exact) mass is 386 g/mol. The lowest BCUT2D eigenvalue weighted by atomic mass is 10.0. The molecule has 10 heteroatoms. The molecule has 10 nitrogen and oxygen atoms in total. The Kier molecular flexibility index (Phi) is 6.53. The van der Waals surface area contributed by atoms with Gasteiger partial charge in [-0.2, -0.15) is 0 Å². The number of amides is 4. The summed E-state index contributed by atoms with van der Waals surface area (Å²) in [7, 11) is 0. The molecular weight excluding hydrogens is 356 g/mol. The molecule has 2 aliphatic rings. The van der Waals surface area contributed by atoms with Gasteiger partial charge in [-0.15, -0.1) is 0 Å². The average molecular weight is 386 g/mol. The Balaban J connectivity index is 1.79. The molecule has 0 aromatic carbocycles. The van der Waals surface area contributed by atoms with Gasteiger partial charge < -0.3 is 14.5 Å². The van der Waals surface area contributed by atoms with Crippen molar-refractivity contribution < 1.29 is 29.2 Å². The van der Waals surface area contributed by atoms with Crippen molar-refractivity contribution in [2.24, 2.45) is 0 Å². The summed E-state index contributed by atoms with van der Waals surface area (Å²) < 4.78 is 5.36. The second kappa shape index (κ2) is 8.30. The first-order valence-electron chi connectivity index (χ1n) is 9.21. The zero-order chi connectivity index (χ0) is 20.4. The molecule has 0 spiro atoms. The molecular formula is C17H30N4O6. The van der Waals surface area contributed by atoms with Gasteiger partial charge in [-0.1, -0.05) is 0 Å². The van der Waals surface area contributed by atoms with E-state index in [1.165, 1.54) is 9.80 Å². The lowest BCUT2D eigenvalue weighted by molar-refractivity contribution is -0.139. The van der Waals surface area contributed by atoms with E-state index in [2.05, 4.69) is 5.48 Å². The molecule has 2 rings (SSSR count). The van der Waals surface area contributed by atoms with Crippen molar-refractivity contribution in [3.63, 3.8) is 0 Å². The predicted octanol–water partition coefficient (Wildman–Crippen LogP) is 1.34. The molecule has 27 heavy (non-hydrogen) atoms. The minimum Gasteiger partial charge on any atom is -0.444 e. The molecule has 2 bridgehead atoms. The van der Waals surface area contributed by atoms with Crippen LogP contribution in [0, 0.1) is 0 Å². The van der Waals surface area contributed by atoms with Crippen LogP contribution in [0.25, 0.3) is 0 Å². The van der Waals surface area contributed by atoms with E-state index in [-0.39, 0.29) is 25.2 Å². The average Bonchev–Trinajstić information content (AvgIpc) is 2.77. The van der Waals surface area contributed by atoms with E-state index >= 15 is 0 Å². The Morgan fingerprint density at radius 1 is 1.33 bits per heavy atom. The Bertz CT molecular complexity index is 576. The summed E-state index contributed by atoms with van der Waals surface area (Å²) in [5.41, 5.74) is 1.74. The van der Waals surface area contributed by atoms with Crippen molar-refractivity contribution in [1.82, 2.24) is 20.3 Å². The van der Waals surface area contributed by atoms with E-state index in [1.54, 1.807) is 20.8 Å². The van der Waals surface area contributed by atoms with Gasteiger partial charge >= 0.3 is 12.1 Å². The third-order valence-electron chi connectivity index (χ3n) is 4.51. The summed E-state index contributed by atoms with van der Waals surface area (Å²) >= 11 is 0. The molecule has 0 aromatic heterocycles. The van der Waals surface area contributed by atoms with Gasteiger partial charge in [0.1, 0.15) is 11.6 Å². The van der Waals surface area contributed by atoms with E-state index in [4.69, 9.17) is 9.57 Å². The van der Waals surface area contributed by atoms with Gasteiger partial charge in [0.25, 0.3) is 5.91 Å². The Hall–Kier alpha value is -2.07. The normalized spacial score (nSPS) is 22.3. The molecule has 0 radical (unpaired) electrons. The van der Waals surface area contributed by atoms with Crippen molar-refractivity contribution >= 4 is 18.0 Å².